The number of carbonyl (C=O) groups excluding carboxylic acids is 1. The van der Waals surface area contributed by atoms with Gasteiger partial charge in [-0.2, -0.15) is 0 Å². The third kappa shape index (κ3) is 14.5. The summed E-state index contributed by atoms with van der Waals surface area (Å²) in [5.74, 6) is -0.254. The van der Waals surface area contributed by atoms with Gasteiger partial charge < -0.3 is 4.74 Å². The molecule has 0 unspecified atom stereocenters. The van der Waals surface area contributed by atoms with Crippen molar-refractivity contribution >= 4 is 5.97 Å². The minimum absolute atomic E-state index is 0.254. The number of methoxy groups -OCH3 is 1. The number of carbonyl (C=O) groups is 1. The molecule has 0 saturated carbocycles. The van der Waals surface area contributed by atoms with Crippen molar-refractivity contribution in [3.05, 3.63) is 11.6 Å². The van der Waals surface area contributed by atoms with Crippen molar-refractivity contribution in [3.63, 3.8) is 0 Å². The van der Waals surface area contributed by atoms with E-state index in [-0.39, 0.29) is 12.6 Å². The van der Waals surface area contributed by atoms with Crippen LogP contribution >= 0.6 is 0 Å². The number of allylic oxidation sites excluding steroid dienone is 1. The molecule has 0 fully saturated rings. The Bertz CT molecular complexity index is 300. The van der Waals surface area contributed by atoms with E-state index in [9.17, 15) is 9.18 Å². The van der Waals surface area contributed by atoms with Gasteiger partial charge in [-0.25, -0.2) is 4.79 Å². The van der Waals surface area contributed by atoms with E-state index in [2.05, 4.69) is 6.92 Å². The number of hydrogen-bond acceptors (Lipinski definition) is 2. The molecule has 0 aromatic heterocycles. The van der Waals surface area contributed by atoms with E-state index in [0.29, 0.717) is 12.8 Å². The van der Waals surface area contributed by atoms with Gasteiger partial charge in [0.1, 0.15) is 0 Å². The molecule has 0 N–H and O–H groups in total. The quantitative estimate of drug-likeness (QED) is 0.183. The predicted octanol–water partition coefficient (Wildman–Crippen LogP) is 6.54. The lowest BCUT2D eigenvalue weighted by Crippen LogP contribution is -2.05. The smallest absolute Gasteiger partial charge is 0.333 e. The second-order valence-electron chi connectivity index (χ2n) is 6.34. The Morgan fingerprint density at radius 2 is 1.39 bits per heavy atom. The molecule has 0 saturated heterocycles. The largest absolute Gasteiger partial charge is 0.466 e. The molecule has 0 aromatic rings. The van der Waals surface area contributed by atoms with E-state index in [0.717, 1.165) is 24.8 Å². The van der Waals surface area contributed by atoms with E-state index in [1.807, 2.05) is 6.08 Å². The Balaban J connectivity index is 3.58. The maximum atomic E-state index is 12.1. The van der Waals surface area contributed by atoms with Gasteiger partial charge in [0.15, 0.2) is 0 Å². The lowest BCUT2D eigenvalue weighted by Gasteiger charge is -2.06. The van der Waals surface area contributed by atoms with Gasteiger partial charge in [-0.1, -0.05) is 77.2 Å². The Labute approximate surface area is 142 Å². The van der Waals surface area contributed by atoms with Crippen LogP contribution in [0.5, 0.6) is 0 Å². The third-order valence-electron chi connectivity index (χ3n) is 4.23. The molecule has 0 heterocycles. The normalized spacial score (nSPS) is 11.7. The number of esters is 1. The summed E-state index contributed by atoms with van der Waals surface area (Å²) >= 11 is 0. The molecule has 0 aliphatic carbocycles. The minimum atomic E-state index is -0.330. The lowest BCUT2D eigenvalue weighted by molar-refractivity contribution is -0.136. The molecule has 0 atom stereocenters. The standard InChI is InChI=1S/C20H37FO2/c1-3-4-5-6-7-8-9-10-11-12-13-16-19(20(22)23-2)17-14-15-18-21/h17H,3-16,18H2,1-2H3. The Kier molecular flexibility index (Phi) is 16.8. The van der Waals surface area contributed by atoms with E-state index in [1.165, 1.54) is 64.9 Å². The summed E-state index contributed by atoms with van der Waals surface area (Å²) < 4.78 is 16.9. The highest BCUT2D eigenvalue weighted by Crippen LogP contribution is 2.15. The number of rotatable bonds is 16. The van der Waals surface area contributed by atoms with Crippen LogP contribution in [0.2, 0.25) is 0 Å². The SMILES string of the molecule is CCCCCCCCCCCCCC(=CCCCF)C(=O)OC. The van der Waals surface area contributed by atoms with Crippen LogP contribution in [0.15, 0.2) is 11.6 Å². The maximum Gasteiger partial charge on any atom is 0.333 e. The Morgan fingerprint density at radius 3 is 1.87 bits per heavy atom. The average molecular weight is 329 g/mol. The first kappa shape index (κ1) is 22.1. The zero-order chi connectivity index (χ0) is 17.2. The number of ether oxygens (including phenoxy) is 1. The van der Waals surface area contributed by atoms with Gasteiger partial charge in [0.05, 0.1) is 13.8 Å². The molecule has 0 rings (SSSR count). The second kappa shape index (κ2) is 17.5. The summed E-state index contributed by atoms with van der Waals surface area (Å²) in [5, 5.41) is 0. The Hall–Kier alpha value is -0.860. The van der Waals surface area contributed by atoms with Crippen molar-refractivity contribution in [2.45, 2.75) is 96.8 Å². The summed E-state index contributed by atoms with van der Waals surface area (Å²) in [4.78, 5) is 11.6. The first-order valence-electron chi connectivity index (χ1n) is 9.59. The molecular weight excluding hydrogens is 291 g/mol. The minimum Gasteiger partial charge on any atom is -0.466 e. The number of unbranched alkanes of at least 4 members (excludes halogenated alkanes) is 11. The van der Waals surface area contributed by atoms with Crippen LogP contribution in [0.3, 0.4) is 0 Å². The van der Waals surface area contributed by atoms with Crippen LogP contribution in [0.25, 0.3) is 0 Å². The van der Waals surface area contributed by atoms with Gasteiger partial charge in [0.2, 0.25) is 0 Å². The first-order chi connectivity index (χ1) is 11.3. The van der Waals surface area contributed by atoms with Crippen LogP contribution < -0.4 is 0 Å². The van der Waals surface area contributed by atoms with Gasteiger partial charge in [-0.15, -0.1) is 0 Å². The van der Waals surface area contributed by atoms with E-state index in [1.54, 1.807) is 0 Å². The Morgan fingerprint density at radius 1 is 0.870 bits per heavy atom. The molecule has 23 heavy (non-hydrogen) atoms. The summed E-state index contributed by atoms with van der Waals surface area (Å²) in [7, 11) is 1.41. The molecule has 0 bridgehead atoms. The van der Waals surface area contributed by atoms with Gasteiger partial charge in [-0.05, 0) is 25.7 Å². The predicted molar refractivity (Wildman–Crippen MR) is 96.4 cm³/mol. The van der Waals surface area contributed by atoms with Crippen LogP contribution in [0.4, 0.5) is 4.39 Å². The second-order valence-corrected chi connectivity index (χ2v) is 6.34. The van der Waals surface area contributed by atoms with E-state index in [4.69, 9.17) is 4.74 Å². The van der Waals surface area contributed by atoms with E-state index >= 15 is 0 Å². The van der Waals surface area contributed by atoms with Crippen molar-refractivity contribution in [2.75, 3.05) is 13.8 Å². The molecule has 2 nitrogen and oxygen atoms in total. The third-order valence-corrected chi connectivity index (χ3v) is 4.23. The van der Waals surface area contributed by atoms with Crippen LogP contribution in [0, 0.1) is 0 Å². The molecule has 3 heteroatoms. The van der Waals surface area contributed by atoms with Gasteiger partial charge in [0, 0.05) is 5.57 Å². The highest BCUT2D eigenvalue weighted by Gasteiger charge is 2.08. The number of alkyl halides is 1. The van der Waals surface area contributed by atoms with Gasteiger partial charge in [-0.3, -0.25) is 4.39 Å². The highest BCUT2D eigenvalue weighted by atomic mass is 19.1. The lowest BCUT2D eigenvalue weighted by atomic mass is 10.0. The number of hydrogen-bond donors (Lipinski definition) is 0. The van der Waals surface area contributed by atoms with Gasteiger partial charge in [0.25, 0.3) is 0 Å². The van der Waals surface area contributed by atoms with Crippen LogP contribution in [-0.4, -0.2) is 19.8 Å². The molecule has 0 aliphatic rings. The van der Waals surface area contributed by atoms with Crippen molar-refractivity contribution < 1.29 is 13.9 Å². The zero-order valence-electron chi connectivity index (χ0n) is 15.4. The molecule has 0 spiro atoms. The van der Waals surface area contributed by atoms with Crippen molar-refractivity contribution in [3.8, 4) is 0 Å². The molecule has 0 amide bonds. The van der Waals surface area contributed by atoms with Crippen LogP contribution in [0.1, 0.15) is 96.8 Å². The average Bonchev–Trinajstić information content (AvgIpc) is 2.57. The monoisotopic (exact) mass is 328 g/mol. The summed E-state index contributed by atoms with van der Waals surface area (Å²) in [6.07, 6.45) is 18.0. The molecular formula is C20H37FO2. The van der Waals surface area contributed by atoms with Crippen molar-refractivity contribution in [2.24, 2.45) is 0 Å². The first-order valence-corrected chi connectivity index (χ1v) is 9.59. The maximum absolute atomic E-state index is 12.1. The fraction of sp³-hybridized carbons (Fsp3) is 0.850. The molecule has 0 aromatic carbocycles. The molecule has 0 aliphatic heterocycles. The summed E-state index contributed by atoms with van der Waals surface area (Å²) in [6, 6.07) is 0. The molecule has 0 radical (unpaired) electrons. The van der Waals surface area contributed by atoms with Crippen molar-refractivity contribution in [1.82, 2.24) is 0 Å². The summed E-state index contributed by atoms with van der Waals surface area (Å²) in [5.41, 5.74) is 0.719. The number of halogens is 1. The summed E-state index contributed by atoms with van der Waals surface area (Å²) in [6.45, 7) is 1.92. The fourth-order valence-electron chi connectivity index (χ4n) is 2.75. The fourth-order valence-corrected chi connectivity index (χ4v) is 2.75. The van der Waals surface area contributed by atoms with E-state index < -0.39 is 0 Å². The van der Waals surface area contributed by atoms with Crippen molar-refractivity contribution in [1.29, 1.82) is 0 Å². The zero-order valence-corrected chi connectivity index (χ0v) is 15.4. The molecule has 136 valence electrons. The highest BCUT2D eigenvalue weighted by molar-refractivity contribution is 5.88. The topological polar surface area (TPSA) is 26.3 Å². The van der Waals surface area contributed by atoms with Crippen LogP contribution in [-0.2, 0) is 9.53 Å². The van der Waals surface area contributed by atoms with Gasteiger partial charge >= 0.3 is 5.97 Å².